The standard InChI is InChI=1S/C15H18N2S/c1-11-7-8-16-9-13(11)15-17-14(10-18-15)12-5-3-2-4-6-12/h7-10,12H,2-6H2,1H3. The van der Waals surface area contributed by atoms with Crippen LogP contribution in [0, 0.1) is 6.92 Å². The van der Waals surface area contributed by atoms with Crippen LogP contribution < -0.4 is 0 Å². The highest BCUT2D eigenvalue weighted by Crippen LogP contribution is 2.35. The van der Waals surface area contributed by atoms with Crippen molar-refractivity contribution in [3.05, 3.63) is 35.1 Å². The molecular formula is C15H18N2S. The summed E-state index contributed by atoms with van der Waals surface area (Å²) in [4.78, 5) is 9.05. The molecule has 1 aliphatic carbocycles. The van der Waals surface area contributed by atoms with Gasteiger partial charge in [0, 0.05) is 29.3 Å². The minimum Gasteiger partial charge on any atom is -0.264 e. The van der Waals surface area contributed by atoms with Crippen LogP contribution in [0.3, 0.4) is 0 Å². The Morgan fingerprint density at radius 3 is 2.83 bits per heavy atom. The first-order valence-electron chi connectivity index (χ1n) is 6.71. The summed E-state index contributed by atoms with van der Waals surface area (Å²) < 4.78 is 0. The zero-order valence-corrected chi connectivity index (χ0v) is 11.5. The van der Waals surface area contributed by atoms with Crippen LogP contribution in [0.1, 0.15) is 49.3 Å². The third-order valence-electron chi connectivity index (χ3n) is 3.81. The summed E-state index contributed by atoms with van der Waals surface area (Å²) in [6.45, 7) is 2.12. The first kappa shape index (κ1) is 11.8. The van der Waals surface area contributed by atoms with Crippen LogP contribution in [0.2, 0.25) is 0 Å². The quantitative estimate of drug-likeness (QED) is 0.789. The van der Waals surface area contributed by atoms with E-state index in [0.29, 0.717) is 5.92 Å². The number of aromatic nitrogens is 2. The lowest BCUT2D eigenvalue weighted by Gasteiger charge is -2.19. The molecule has 3 heteroatoms. The van der Waals surface area contributed by atoms with Gasteiger partial charge in [-0.2, -0.15) is 0 Å². The van der Waals surface area contributed by atoms with E-state index in [-0.39, 0.29) is 0 Å². The van der Waals surface area contributed by atoms with E-state index in [2.05, 4.69) is 23.4 Å². The molecule has 0 spiro atoms. The average molecular weight is 258 g/mol. The van der Waals surface area contributed by atoms with Crippen LogP contribution in [0.15, 0.2) is 23.8 Å². The molecular weight excluding hydrogens is 240 g/mol. The van der Waals surface area contributed by atoms with E-state index in [1.54, 1.807) is 11.3 Å². The molecule has 2 aromatic rings. The van der Waals surface area contributed by atoms with E-state index in [0.717, 1.165) is 5.01 Å². The monoisotopic (exact) mass is 258 g/mol. The van der Waals surface area contributed by atoms with E-state index in [1.807, 2.05) is 12.4 Å². The molecule has 0 aromatic carbocycles. The van der Waals surface area contributed by atoms with Crippen molar-refractivity contribution in [3.63, 3.8) is 0 Å². The van der Waals surface area contributed by atoms with Gasteiger partial charge in [-0.15, -0.1) is 11.3 Å². The predicted molar refractivity (Wildman–Crippen MR) is 75.9 cm³/mol. The van der Waals surface area contributed by atoms with Crippen molar-refractivity contribution in [2.45, 2.75) is 44.9 Å². The van der Waals surface area contributed by atoms with Crippen LogP contribution in [0.4, 0.5) is 0 Å². The zero-order chi connectivity index (χ0) is 12.4. The molecule has 0 aliphatic heterocycles. The normalized spacial score (nSPS) is 16.9. The molecule has 1 fully saturated rings. The summed E-state index contributed by atoms with van der Waals surface area (Å²) in [5.41, 5.74) is 3.75. The SMILES string of the molecule is Cc1ccncc1-c1nc(C2CCCCC2)cs1. The van der Waals surface area contributed by atoms with Crippen molar-refractivity contribution in [2.75, 3.05) is 0 Å². The van der Waals surface area contributed by atoms with Crippen molar-refractivity contribution in [3.8, 4) is 10.6 Å². The molecule has 1 aliphatic rings. The molecule has 0 radical (unpaired) electrons. The largest absolute Gasteiger partial charge is 0.264 e. The summed E-state index contributed by atoms with van der Waals surface area (Å²) in [6, 6.07) is 2.05. The van der Waals surface area contributed by atoms with Gasteiger partial charge in [-0.05, 0) is 31.4 Å². The summed E-state index contributed by atoms with van der Waals surface area (Å²) in [5.74, 6) is 0.695. The minimum atomic E-state index is 0.695. The van der Waals surface area contributed by atoms with E-state index in [9.17, 15) is 0 Å². The molecule has 94 valence electrons. The molecule has 0 bridgehead atoms. The highest BCUT2D eigenvalue weighted by molar-refractivity contribution is 7.13. The van der Waals surface area contributed by atoms with E-state index >= 15 is 0 Å². The van der Waals surface area contributed by atoms with Gasteiger partial charge in [-0.1, -0.05) is 19.3 Å². The maximum absolute atomic E-state index is 4.84. The van der Waals surface area contributed by atoms with Gasteiger partial charge in [0.15, 0.2) is 0 Å². The van der Waals surface area contributed by atoms with E-state index < -0.39 is 0 Å². The molecule has 3 rings (SSSR count). The molecule has 2 heterocycles. The Bertz CT molecular complexity index is 527. The van der Waals surface area contributed by atoms with Gasteiger partial charge in [0.25, 0.3) is 0 Å². The van der Waals surface area contributed by atoms with Gasteiger partial charge in [0.1, 0.15) is 5.01 Å². The molecule has 2 aromatic heterocycles. The summed E-state index contributed by atoms with van der Waals surface area (Å²) in [7, 11) is 0. The fourth-order valence-corrected chi connectivity index (χ4v) is 3.66. The summed E-state index contributed by atoms with van der Waals surface area (Å²) >= 11 is 1.76. The zero-order valence-electron chi connectivity index (χ0n) is 10.7. The minimum absolute atomic E-state index is 0.695. The summed E-state index contributed by atoms with van der Waals surface area (Å²) in [5, 5.41) is 3.37. The first-order valence-corrected chi connectivity index (χ1v) is 7.59. The highest BCUT2D eigenvalue weighted by Gasteiger charge is 2.18. The van der Waals surface area contributed by atoms with Crippen molar-refractivity contribution in [1.29, 1.82) is 0 Å². The number of pyridine rings is 1. The maximum Gasteiger partial charge on any atom is 0.125 e. The fourth-order valence-electron chi connectivity index (χ4n) is 2.68. The Morgan fingerprint density at radius 2 is 2.06 bits per heavy atom. The van der Waals surface area contributed by atoms with Crippen LogP contribution in [-0.2, 0) is 0 Å². The van der Waals surface area contributed by atoms with Gasteiger partial charge < -0.3 is 0 Å². The Balaban J connectivity index is 1.87. The molecule has 0 amide bonds. The Hall–Kier alpha value is -1.22. The number of rotatable bonds is 2. The molecule has 0 saturated heterocycles. The van der Waals surface area contributed by atoms with E-state index in [4.69, 9.17) is 4.98 Å². The molecule has 1 saturated carbocycles. The van der Waals surface area contributed by atoms with Crippen molar-refractivity contribution < 1.29 is 0 Å². The molecule has 0 atom stereocenters. The second-order valence-corrected chi connectivity index (χ2v) is 5.96. The summed E-state index contributed by atoms with van der Waals surface area (Å²) in [6.07, 6.45) is 10.5. The third-order valence-corrected chi connectivity index (χ3v) is 4.71. The Morgan fingerprint density at radius 1 is 1.22 bits per heavy atom. The lowest BCUT2D eigenvalue weighted by Crippen LogP contribution is -2.04. The van der Waals surface area contributed by atoms with Gasteiger partial charge >= 0.3 is 0 Å². The molecule has 18 heavy (non-hydrogen) atoms. The predicted octanol–water partition coefficient (Wildman–Crippen LogP) is 4.56. The molecule has 0 N–H and O–H groups in total. The van der Waals surface area contributed by atoms with E-state index in [1.165, 1.54) is 48.9 Å². The van der Waals surface area contributed by atoms with Gasteiger partial charge in [-0.25, -0.2) is 4.98 Å². The maximum atomic E-state index is 4.84. The van der Waals surface area contributed by atoms with Crippen LogP contribution in [0.5, 0.6) is 0 Å². The number of nitrogens with zero attached hydrogens (tertiary/aromatic N) is 2. The smallest absolute Gasteiger partial charge is 0.125 e. The molecule has 0 unspecified atom stereocenters. The number of aryl methyl sites for hydroxylation is 1. The average Bonchev–Trinajstić information content (AvgIpc) is 2.90. The topological polar surface area (TPSA) is 25.8 Å². The lowest BCUT2D eigenvalue weighted by atomic mass is 9.87. The van der Waals surface area contributed by atoms with Crippen molar-refractivity contribution in [1.82, 2.24) is 9.97 Å². The second kappa shape index (κ2) is 5.19. The van der Waals surface area contributed by atoms with Crippen LogP contribution in [0.25, 0.3) is 10.6 Å². The first-order chi connectivity index (χ1) is 8.84. The Labute approximate surface area is 112 Å². The number of hydrogen-bond acceptors (Lipinski definition) is 3. The number of thiazole rings is 1. The van der Waals surface area contributed by atoms with Crippen LogP contribution >= 0.6 is 11.3 Å². The van der Waals surface area contributed by atoms with Gasteiger partial charge in [0.2, 0.25) is 0 Å². The number of hydrogen-bond donors (Lipinski definition) is 0. The second-order valence-electron chi connectivity index (χ2n) is 5.10. The van der Waals surface area contributed by atoms with Gasteiger partial charge in [-0.3, -0.25) is 4.98 Å². The third kappa shape index (κ3) is 2.32. The molecule has 2 nitrogen and oxygen atoms in total. The Kier molecular flexibility index (Phi) is 3.41. The van der Waals surface area contributed by atoms with Crippen LogP contribution in [-0.4, -0.2) is 9.97 Å². The fraction of sp³-hybridized carbons (Fsp3) is 0.467. The van der Waals surface area contributed by atoms with Crippen molar-refractivity contribution >= 4 is 11.3 Å². The van der Waals surface area contributed by atoms with Crippen molar-refractivity contribution in [2.24, 2.45) is 0 Å². The lowest BCUT2D eigenvalue weighted by molar-refractivity contribution is 0.438. The van der Waals surface area contributed by atoms with Gasteiger partial charge in [0.05, 0.1) is 5.69 Å². The highest BCUT2D eigenvalue weighted by atomic mass is 32.1.